The van der Waals surface area contributed by atoms with Gasteiger partial charge in [-0.15, -0.1) is 11.3 Å². The van der Waals surface area contributed by atoms with E-state index >= 15 is 0 Å². The second kappa shape index (κ2) is 5.99. The summed E-state index contributed by atoms with van der Waals surface area (Å²) in [7, 11) is 0. The van der Waals surface area contributed by atoms with Crippen LogP contribution >= 0.6 is 38.9 Å². The number of nitrogens with one attached hydrogen (secondary N) is 1. The maximum Gasteiger partial charge on any atom is 0.107 e. The normalized spacial score (nSPS) is 10.7. The number of aromatic nitrogens is 2. The van der Waals surface area contributed by atoms with E-state index in [4.69, 9.17) is 11.6 Å². The molecular formula is C14H11BrClN3S. The van der Waals surface area contributed by atoms with Gasteiger partial charge in [0.25, 0.3) is 0 Å². The summed E-state index contributed by atoms with van der Waals surface area (Å²) in [5, 5.41) is 7.70. The van der Waals surface area contributed by atoms with Crippen LogP contribution in [-0.2, 0) is 6.54 Å². The monoisotopic (exact) mass is 367 g/mol. The molecule has 0 saturated heterocycles. The first-order valence-corrected chi connectivity index (χ1v) is 7.99. The van der Waals surface area contributed by atoms with Crippen LogP contribution in [0.25, 0.3) is 5.69 Å². The van der Waals surface area contributed by atoms with Crippen LogP contribution in [0.1, 0.15) is 4.88 Å². The van der Waals surface area contributed by atoms with E-state index in [9.17, 15) is 0 Å². The molecule has 2 heterocycles. The molecule has 3 rings (SSSR count). The summed E-state index contributed by atoms with van der Waals surface area (Å²) in [5.74, 6) is 0. The van der Waals surface area contributed by atoms with Crippen LogP contribution in [0.2, 0.25) is 4.34 Å². The molecule has 6 heteroatoms. The van der Waals surface area contributed by atoms with Crippen molar-refractivity contribution in [2.24, 2.45) is 0 Å². The van der Waals surface area contributed by atoms with E-state index in [2.05, 4.69) is 26.3 Å². The van der Waals surface area contributed by atoms with Crippen LogP contribution in [0.5, 0.6) is 0 Å². The van der Waals surface area contributed by atoms with Crippen molar-refractivity contribution in [1.29, 1.82) is 0 Å². The molecule has 0 saturated carbocycles. The molecule has 0 atom stereocenters. The maximum atomic E-state index is 6.05. The Morgan fingerprint density at radius 1 is 1.30 bits per heavy atom. The van der Waals surface area contributed by atoms with Gasteiger partial charge in [0.2, 0.25) is 0 Å². The van der Waals surface area contributed by atoms with E-state index in [-0.39, 0.29) is 0 Å². The van der Waals surface area contributed by atoms with Gasteiger partial charge in [0, 0.05) is 28.3 Å². The van der Waals surface area contributed by atoms with E-state index in [0.29, 0.717) is 0 Å². The molecular weight excluding hydrogens is 358 g/mol. The molecule has 0 spiro atoms. The molecule has 20 heavy (non-hydrogen) atoms. The summed E-state index contributed by atoms with van der Waals surface area (Å²) in [4.78, 5) is 1.18. The van der Waals surface area contributed by atoms with Crippen LogP contribution in [0.3, 0.4) is 0 Å². The van der Waals surface area contributed by atoms with Crippen molar-refractivity contribution in [3.8, 4) is 5.69 Å². The molecule has 0 radical (unpaired) electrons. The third-order valence-electron chi connectivity index (χ3n) is 2.80. The standard InChI is InChI=1S/C14H11BrClN3S/c15-11-8-10(20-14(11)16)9-17-12-4-1-2-5-13(12)19-7-3-6-18-19/h1-8,17H,9H2. The minimum Gasteiger partial charge on any atom is -0.378 e. The fraction of sp³-hybridized carbons (Fsp3) is 0.0714. The van der Waals surface area contributed by atoms with Crippen molar-refractivity contribution in [2.45, 2.75) is 6.54 Å². The summed E-state index contributed by atoms with van der Waals surface area (Å²) in [6.07, 6.45) is 3.70. The number of rotatable bonds is 4. The highest BCUT2D eigenvalue weighted by molar-refractivity contribution is 9.10. The lowest BCUT2D eigenvalue weighted by Gasteiger charge is -2.11. The molecule has 1 N–H and O–H groups in total. The number of halogens is 2. The van der Waals surface area contributed by atoms with Gasteiger partial charge < -0.3 is 5.32 Å². The third-order valence-corrected chi connectivity index (χ3v) is 5.28. The average molecular weight is 369 g/mol. The first-order valence-electron chi connectivity index (χ1n) is 6.00. The number of para-hydroxylation sites is 2. The van der Waals surface area contributed by atoms with Crippen molar-refractivity contribution < 1.29 is 0 Å². The van der Waals surface area contributed by atoms with Gasteiger partial charge in [0.05, 0.1) is 11.4 Å². The van der Waals surface area contributed by atoms with Crippen molar-refractivity contribution in [3.05, 3.63) is 62.5 Å². The second-order valence-electron chi connectivity index (χ2n) is 4.16. The Morgan fingerprint density at radius 3 is 2.85 bits per heavy atom. The van der Waals surface area contributed by atoms with Crippen LogP contribution in [0.4, 0.5) is 5.69 Å². The Balaban J connectivity index is 1.81. The molecule has 0 unspecified atom stereocenters. The first kappa shape index (κ1) is 13.7. The van der Waals surface area contributed by atoms with Gasteiger partial charge in [0.15, 0.2) is 0 Å². The zero-order chi connectivity index (χ0) is 13.9. The number of nitrogens with zero attached hydrogens (tertiary/aromatic N) is 2. The van der Waals surface area contributed by atoms with Crippen LogP contribution in [0, 0.1) is 0 Å². The fourth-order valence-corrected chi connectivity index (χ4v) is 3.63. The number of anilines is 1. The molecule has 1 aromatic carbocycles. The summed E-state index contributed by atoms with van der Waals surface area (Å²) in [5.41, 5.74) is 2.07. The molecule has 0 bridgehead atoms. The Bertz CT molecular complexity index is 690. The lowest BCUT2D eigenvalue weighted by Crippen LogP contribution is -2.03. The summed E-state index contributed by atoms with van der Waals surface area (Å²) < 4.78 is 3.57. The molecule has 0 aliphatic heterocycles. The zero-order valence-corrected chi connectivity index (χ0v) is 13.5. The summed E-state index contributed by atoms with van der Waals surface area (Å²) in [6.45, 7) is 0.730. The van der Waals surface area contributed by atoms with Crippen LogP contribution in [-0.4, -0.2) is 9.78 Å². The number of hydrogen-bond acceptors (Lipinski definition) is 3. The first-order chi connectivity index (χ1) is 9.74. The third kappa shape index (κ3) is 2.90. The minimum atomic E-state index is 0.730. The quantitative estimate of drug-likeness (QED) is 0.705. The summed E-state index contributed by atoms with van der Waals surface area (Å²) in [6, 6.07) is 12.0. The Kier molecular flexibility index (Phi) is 4.10. The summed E-state index contributed by atoms with van der Waals surface area (Å²) >= 11 is 11.0. The Morgan fingerprint density at radius 2 is 2.15 bits per heavy atom. The molecule has 0 amide bonds. The van der Waals surface area contributed by atoms with Gasteiger partial charge in [-0.3, -0.25) is 0 Å². The molecule has 2 aromatic heterocycles. The minimum absolute atomic E-state index is 0.730. The molecule has 0 aliphatic rings. The van der Waals surface area contributed by atoms with Crippen molar-refractivity contribution in [2.75, 3.05) is 5.32 Å². The smallest absolute Gasteiger partial charge is 0.107 e. The zero-order valence-electron chi connectivity index (χ0n) is 10.4. The molecule has 3 nitrogen and oxygen atoms in total. The van der Waals surface area contributed by atoms with Gasteiger partial charge in [-0.25, -0.2) is 4.68 Å². The molecule has 102 valence electrons. The Labute approximate surface area is 134 Å². The van der Waals surface area contributed by atoms with Crippen molar-refractivity contribution in [1.82, 2.24) is 9.78 Å². The number of benzene rings is 1. The lowest BCUT2D eigenvalue weighted by molar-refractivity contribution is 0.879. The van der Waals surface area contributed by atoms with Crippen LogP contribution < -0.4 is 5.32 Å². The average Bonchev–Trinajstić information content (AvgIpc) is 3.08. The molecule has 3 aromatic rings. The van der Waals surface area contributed by atoms with E-state index in [1.807, 2.05) is 47.3 Å². The van der Waals surface area contributed by atoms with Gasteiger partial charge in [-0.2, -0.15) is 5.10 Å². The topological polar surface area (TPSA) is 29.9 Å². The van der Waals surface area contributed by atoms with Gasteiger partial charge in [-0.1, -0.05) is 23.7 Å². The van der Waals surface area contributed by atoms with Crippen molar-refractivity contribution in [3.63, 3.8) is 0 Å². The Hall–Kier alpha value is -1.30. The molecule has 0 aliphatic carbocycles. The molecule has 0 fully saturated rings. The van der Waals surface area contributed by atoms with Gasteiger partial charge >= 0.3 is 0 Å². The highest BCUT2D eigenvalue weighted by atomic mass is 79.9. The van der Waals surface area contributed by atoms with E-state index in [1.54, 1.807) is 17.5 Å². The number of thiophene rings is 1. The maximum absolute atomic E-state index is 6.05. The predicted molar refractivity (Wildman–Crippen MR) is 87.9 cm³/mol. The SMILES string of the molecule is Clc1sc(CNc2ccccc2-n2cccn2)cc1Br. The fourth-order valence-electron chi connectivity index (χ4n) is 1.90. The number of hydrogen-bond donors (Lipinski definition) is 1. The van der Waals surface area contributed by atoms with Crippen LogP contribution in [0.15, 0.2) is 53.3 Å². The van der Waals surface area contributed by atoms with E-state index in [0.717, 1.165) is 26.7 Å². The second-order valence-corrected chi connectivity index (χ2v) is 6.75. The lowest BCUT2D eigenvalue weighted by atomic mass is 10.2. The predicted octanol–water partition coefficient (Wildman–Crippen LogP) is 4.96. The highest BCUT2D eigenvalue weighted by Gasteiger charge is 2.07. The largest absolute Gasteiger partial charge is 0.378 e. The van der Waals surface area contributed by atoms with E-state index in [1.165, 1.54) is 4.88 Å². The highest BCUT2D eigenvalue weighted by Crippen LogP contribution is 2.32. The van der Waals surface area contributed by atoms with Crippen molar-refractivity contribution >= 4 is 44.6 Å². The van der Waals surface area contributed by atoms with E-state index < -0.39 is 0 Å². The van der Waals surface area contributed by atoms with Gasteiger partial charge in [0.1, 0.15) is 4.34 Å². The van der Waals surface area contributed by atoms with Gasteiger partial charge in [-0.05, 0) is 40.2 Å².